The van der Waals surface area contributed by atoms with Gasteiger partial charge in [0.15, 0.2) is 0 Å². The van der Waals surface area contributed by atoms with Gasteiger partial charge >= 0.3 is 5.97 Å². The van der Waals surface area contributed by atoms with Crippen LogP contribution in [0.1, 0.15) is 29.9 Å². The first-order chi connectivity index (χ1) is 14.8. The minimum atomic E-state index is -3.76. The predicted molar refractivity (Wildman–Crippen MR) is 113 cm³/mol. The molecule has 2 aromatic carbocycles. The molecule has 3 aromatic rings. The molecule has 0 saturated carbocycles. The van der Waals surface area contributed by atoms with Crippen molar-refractivity contribution in [2.24, 2.45) is 0 Å². The highest BCUT2D eigenvalue weighted by Gasteiger charge is 2.24. The standard InChI is InChI=1S/C21H20ClFN2O5S/c1-3-25(4-2)31(27,28)17-9-10-19(22)18(11-17)21(26)30-13-16-12-29-20(24-16)14-5-7-15(23)8-6-14/h5-12H,3-4,13H2,1-2H3. The fourth-order valence-electron chi connectivity index (χ4n) is 2.85. The van der Waals surface area contributed by atoms with Gasteiger partial charge in [0, 0.05) is 18.7 Å². The Morgan fingerprint density at radius 3 is 2.48 bits per heavy atom. The zero-order chi connectivity index (χ0) is 22.6. The van der Waals surface area contributed by atoms with Crippen molar-refractivity contribution >= 4 is 27.6 Å². The van der Waals surface area contributed by atoms with Gasteiger partial charge in [0.2, 0.25) is 15.9 Å². The molecule has 1 heterocycles. The average molecular weight is 467 g/mol. The Hall–Kier alpha value is -2.75. The molecule has 0 atom stereocenters. The zero-order valence-electron chi connectivity index (χ0n) is 16.8. The number of halogens is 2. The van der Waals surface area contributed by atoms with E-state index in [1.807, 2.05) is 0 Å². The third-order valence-electron chi connectivity index (χ3n) is 4.49. The van der Waals surface area contributed by atoms with Crippen LogP contribution in [0.2, 0.25) is 5.02 Å². The molecule has 164 valence electrons. The molecule has 7 nitrogen and oxygen atoms in total. The molecule has 0 saturated heterocycles. The molecule has 0 aliphatic heterocycles. The van der Waals surface area contributed by atoms with Gasteiger partial charge in [-0.3, -0.25) is 0 Å². The van der Waals surface area contributed by atoms with E-state index in [1.165, 1.54) is 53.0 Å². The van der Waals surface area contributed by atoms with E-state index in [4.69, 9.17) is 20.8 Å². The van der Waals surface area contributed by atoms with Crippen LogP contribution >= 0.6 is 11.6 Å². The van der Waals surface area contributed by atoms with Gasteiger partial charge in [-0.05, 0) is 42.5 Å². The molecule has 0 unspecified atom stereocenters. The monoisotopic (exact) mass is 466 g/mol. The topological polar surface area (TPSA) is 89.7 Å². The lowest BCUT2D eigenvalue weighted by atomic mass is 10.2. The van der Waals surface area contributed by atoms with Crippen molar-refractivity contribution < 1.29 is 26.8 Å². The van der Waals surface area contributed by atoms with Crippen molar-refractivity contribution in [3.8, 4) is 11.5 Å². The first-order valence-corrected chi connectivity index (χ1v) is 11.2. The first-order valence-electron chi connectivity index (χ1n) is 9.43. The number of nitrogens with zero attached hydrogens (tertiary/aromatic N) is 2. The van der Waals surface area contributed by atoms with Crippen LogP contribution in [-0.4, -0.2) is 36.8 Å². The Bertz CT molecular complexity index is 1170. The van der Waals surface area contributed by atoms with Gasteiger partial charge in [-0.1, -0.05) is 25.4 Å². The lowest BCUT2D eigenvalue weighted by Crippen LogP contribution is -2.30. The fourth-order valence-corrected chi connectivity index (χ4v) is 4.53. The van der Waals surface area contributed by atoms with Crippen LogP contribution in [0.4, 0.5) is 4.39 Å². The van der Waals surface area contributed by atoms with E-state index in [0.29, 0.717) is 24.3 Å². The molecule has 0 spiro atoms. The molecule has 0 aliphatic rings. The Balaban J connectivity index is 1.75. The quantitative estimate of drug-likeness (QED) is 0.453. The smallest absolute Gasteiger partial charge is 0.340 e. The van der Waals surface area contributed by atoms with Gasteiger partial charge in [0.1, 0.15) is 24.4 Å². The summed E-state index contributed by atoms with van der Waals surface area (Å²) < 4.78 is 50.3. The molecule has 0 bridgehead atoms. The maximum absolute atomic E-state index is 13.0. The van der Waals surface area contributed by atoms with Crippen molar-refractivity contribution in [2.75, 3.05) is 13.1 Å². The maximum atomic E-state index is 13.0. The maximum Gasteiger partial charge on any atom is 0.340 e. The van der Waals surface area contributed by atoms with Crippen molar-refractivity contribution in [3.63, 3.8) is 0 Å². The van der Waals surface area contributed by atoms with Gasteiger partial charge in [0.05, 0.1) is 15.5 Å². The summed E-state index contributed by atoms with van der Waals surface area (Å²) in [6, 6.07) is 9.47. The van der Waals surface area contributed by atoms with Gasteiger partial charge < -0.3 is 9.15 Å². The number of rotatable bonds is 8. The summed E-state index contributed by atoms with van der Waals surface area (Å²) in [6.45, 7) is 3.83. The molecule has 0 fully saturated rings. The molecular weight excluding hydrogens is 447 g/mol. The van der Waals surface area contributed by atoms with E-state index in [2.05, 4.69) is 4.98 Å². The molecule has 0 N–H and O–H groups in total. The SMILES string of the molecule is CCN(CC)S(=O)(=O)c1ccc(Cl)c(C(=O)OCc2coc(-c3ccc(F)cc3)n2)c1. The van der Waals surface area contributed by atoms with Crippen LogP contribution in [0.25, 0.3) is 11.5 Å². The van der Waals surface area contributed by atoms with E-state index in [9.17, 15) is 17.6 Å². The predicted octanol–water partition coefficient (Wildman–Crippen LogP) is 4.52. The zero-order valence-corrected chi connectivity index (χ0v) is 18.4. The third-order valence-corrected chi connectivity index (χ3v) is 6.87. The van der Waals surface area contributed by atoms with Gasteiger partial charge in [-0.15, -0.1) is 0 Å². The summed E-state index contributed by atoms with van der Waals surface area (Å²) in [5.74, 6) is -0.934. The van der Waals surface area contributed by atoms with E-state index in [1.54, 1.807) is 13.8 Å². The number of hydrogen-bond donors (Lipinski definition) is 0. The van der Waals surface area contributed by atoms with Crippen molar-refractivity contribution in [3.05, 3.63) is 70.8 Å². The summed E-state index contributed by atoms with van der Waals surface area (Å²) >= 11 is 6.09. The molecule has 31 heavy (non-hydrogen) atoms. The van der Waals surface area contributed by atoms with E-state index < -0.39 is 16.0 Å². The van der Waals surface area contributed by atoms with Gasteiger partial charge in [-0.25, -0.2) is 22.6 Å². The highest BCUT2D eigenvalue weighted by molar-refractivity contribution is 7.89. The highest BCUT2D eigenvalue weighted by atomic mass is 35.5. The Kier molecular flexibility index (Phi) is 7.09. The van der Waals surface area contributed by atoms with Crippen LogP contribution in [0, 0.1) is 5.82 Å². The summed E-state index contributed by atoms with van der Waals surface area (Å²) in [5.41, 5.74) is 0.823. The number of oxazole rings is 1. The lowest BCUT2D eigenvalue weighted by Gasteiger charge is -2.19. The van der Waals surface area contributed by atoms with Crippen molar-refractivity contribution in [2.45, 2.75) is 25.3 Å². The second-order valence-electron chi connectivity index (χ2n) is 6.46. The minimum Gasteiger partial charge on any atom is -0.455 e. The Morgan fingerprint density at radius 2 is 1.84 bits per heavy atom. The number of aromatic nitrogens is 1. The summed E-state index contributed by atoms with van der Waals surface area (Å²) in [4.78, 5) is 16.7. The van der Waals surface area contributed by atoms with Crippen LogP contribution in [0.15, 0.2) is 58.0 Å². The van der Waals surface area contributed by atoms with Crippen molar-refractivity contribution in [1.82, 2.24) is 9.29 Å². The number of carbonyl (C=O) groups is 1. The fraction of sp³-hybridized carbons (Fsp3) is 0.238. The van der Waals surface area contributed by atoms with Crippen LogP contribution < -0.4 is 0 Å². The lowest BCUT2D eigenvalue weighted by molar-refractivity contribution is 0.0467. The molecule has 10 heteroatoms. The number of sulfonamides is 1. The molecule has 3 rings (SSSR count). The highest BCUT2D eigenvalue weighted by Crippen LogP contribution is 2.24. The van der Waals surface area contributed by atoms with Gasteiger partial charge in [-0.2, -0.15) is 4.31 Å². The number of hydrogen-bond acceptors (Lipinski definition) is 6. The summed E-state index contributed by atoms with van der Waals surface area (Å²) in [5, 5.41) is 0.0654. The minimum absolute atomic E-state index is 0.0485. The van der Waals surface area contributed by atoms with Crippen LogP contribution in [0.3, 0.4) is 0 Å². The van der Waals surface area contributed by atoms with E-state index in [-0.39, 0.29) is 33.8 Å². The molecular formula is C21H20ClFN2O5S. The third kappa shape index (κ3) is 5.12. The van der Waals surface area contributed by atoms with Crippen molar-refractivity contribution in [1.29, 1.82) is 0 Å². The second kappa shape index (κ2) is 9.59. The van der Waals surface area contributed by atoms with Crippen LogP contribution in [-0.2, 0) is 21.4 Å². The average Bonchev–Trinajstić information content (AvgIpc) is 3.22. The van der Waals surface area contributed by atoms with E-state index >= 15 is 0 Å². The Labute approximate surface area is 184 Å². The second-order valence-corrected chi connectivity index (χ2v) is 8.80. The number of carbonyl (C=O) groups excluding carboxylic acids is 1. The largest absolute Gasteiger partial charge is 0.455 e. The number of esters is 1. The summed E-state index contributed by atoms with van der Waals surface area (Å²) in [7, 11) is -3.76. The van der Waals surface area contributed by atoms with E-state index in [0.717, 1.165) is 0 Å². The Morgan fingerprint density at radius 1 is 1.16 bits per heavy atom. The summed E-state index contributed by atoms with van der Waals surface area (Å²) in [6.07, 6.45) is 1.31. The molecule has 0 radical (unpaired) electrons. The first kappa shape index (κ1) is 22.9. The van der Waals surface area contributed by atoms with Crippen LogP contribution in [0.5, 0.6) is 0 Å². The molecule has 1 aromatic heterocycles. The normalized spacial score (nSPS) is 11.6. The molecule has 0 aliphatic carbocycles. The molecule has 0 amide bonds. The number of benzene rings is 2. The van der Waals surface area contributed by atoms with Gasteiger partial charge in [0.25, 0.3) is 0 Å². The number of ether oxygens (including phenoxy) is 1.